The first-order valence-corrected chi connectivity index (χ1v) is 6.23. The number of nitrogens with zero attached hydrogens (tertiary/aromatic N) is 1. The van der Waals surface area contributed by atoms with Crippen molar-refractivity contribution in [3.63, 3.8) is 0 Å². The SMILES string of the molecule is COC(=O)C=NC=C(c1ccccc1)c1ccccc1. The maximum absolute atomic E-state index is 11.1. The van der Waals surface area contributed by atoms with Crippen LogP contribution in [0, 0.1) is 0 Å². The maximum atomic E-state index is 11.1. The Balaban J connectivity index is 2.38. The Kier molecular flexibility index (Phi) is 4.84. The molecule has 0 fully saturated rings. The summed E-state index contributed by atoms with van der Waals surface area (Å²) < 4.78 is 4.53. The molecule has 0 bridgehead atoms. The Morgan fingerprint density at radius 3 is 1.90 bits per heavy atom. The predicted molar refractivity (Wildman–Crippen MR) is 80.5 cm³/mol. The van der Waals surface area contributed by atoms with E-state index in [9.17, 15) is 4.79 Å². The topological polar surface area (TPSA) is 38.7 Å². The smallest absolute Gasteiger partial charge is 0.349 e. The maximum Gasteiger partial charge on any atom is 0.349 e. The van der Waals surface area contributed by atoms with Gasteiger partial charge in [0.1, 0.15) is 6.21 Å². The van der Waals surface area contributed by atoms with E-state index in [4.69, 9.17) is 0 Å². The molecule has 0 unspecified atom stereocenters. The van der Waals surface area contributed by atoms with Crippen molar-refractivity contribution >= 4 is 17.8 Å². The Hall–Kier alpha value is -2.68. The van der Waals surface area contributed by atoms with E-state index in [1.54, 1.807) is 6.20 Å². The number of hydrogen-bond donors (Lipinski definition) is 0. The molecule has 0 aliphatic rings. The van der Waals surface area contributed by atoms with Gasteiger partial charge >= 0.3 is 5.97 Å². The van der Waals surface area contributed by atoms with E-state index in [1.807, 2.05) is 60.7 Å². The number of benzene rings is 2. The van der Waals surface area contributed by atoms with Crippen LogP contribution in [-0.2, 0) is 9.53 Å². The number of aliphatic imine (C=N–C) groups is 1. The van der Waals surface area contributed by atoms with Crippen LogP contribution >= 0.6 is 0 Å². The van der Waals surface area contributed by atoms with Gasteiger partial charge in [-0.15, -0.1) is 0 Å². The summed E-state index contributed by atoms with van der Waals surface area (Å²) in [5.41, 5.74) is 3.03. The lowest BCUT2D eigenvalue weighted by Crippen LogP contribution is -2.00. The summed E-state index contributed by atoms with van der Waals surface area (Å²) in [6.07, 6.45) is 2.83. The van der Waals surface area contributed by atoms with Crippen molar-refractivity contribution < 1.29 is 9.53 Å². The van der Waals surface area contributed by atoms with E-state index in [2.05, 4.69) is 9.73 Å². The minimum Gasteiger partial charge on any atom is -0.465 e. The molecule has 0 aromatic heterocycles. The van der Waals surface area contributed by atoms with Gasteiger partial charge in [-0.05, 0) is 11.1 Å². The van der Waals surface area contributed by atoms with Crippen molar-refractivity contribution in [1.29, 1.82) is 0 Å². The molecule has 0 radical (unpaired) electrons. The molecule has 20 heavy (non-hydrogen) atoms. The van der Waals surface area contributed by atoms with Gasteiger partial charge in [0.2, 0.25) is 0 Å². The number of hydrogen-bond acceptors (Lipinski definition) is 3. The molecule has 0 aliphatic heterocycles. The normalized spacial score (nSPS) is 10.2. The largest absolute Gasteiger partial charge is 0.465 e. The van der Waals surface area contributed by atoms with E-state index in [0.717, 1.165) is 22.9 Å². The van der Waals surface area contributed by atoms with Gasteiger partial charge in [-0.25, -0.2) is 4.79 Å². The van der Waals surface area contributed by atoms with Crippen molar-refractivity contribution in [1.82, 2.24) is 0 Å². The van der Waals surface area contributed by atoms with Crippen LogP contribution in [0.25, 0.3) is 5.57 Å². The first-order chi connectivity index (χ1) is 9.81. The Morgan fingerprint density at radius 1 is 0.950 bits per heavy atom. The average molecular weight is 265 g/mol. The standard InChI is InChI=1S/C17H15NO2/c1-20-17(19)13-18-12-16(14-8-4-2-5-9-14)15-10-6-3-7-11-15/h2-13H,1H3. The van der Waals surface area contributed by atoms with E-state index >= 15 is 0 Å². The van der Waals surface area contributed by atoms with Gasteiger partial charge in [0.25, 0.3) is 0 Å². The molecule has 0 saturated heterocycles. The predicted octanol–water partition coefficient (Wildman–Crippen LogP) is 3.32. The Bertz CT molecular complexity index is 574. The fraction of sp³-hybridized carbons (Fsp3) is 0.0588. The first kappa shape index (κ1) is 13.7. The minimum absolute atomic E-state index is 0.471. The summed E-state index contributed by atoms with van der Waals surface area (Å²) in [4.78, 5) is 15.1. The van der Waals surface area contributed by atoms with Crippen LogP contribution in [0.5, 0.6) is 0 Å². The molecule has 100 valence electrons. The minimum atomic E-state index is -0.471. The van der Waals surface area contributed by atoms with Gasteiger partial charge in [-0.2, -0.15) is 0 Å². The van der Waals surface area contributed by atoms with Gasteiger partial charge in [0.15, 0.2) is 0 Å². The highest BCUT2D eigenvalue weighted by Gasteiger charge is 2.03. The lowest BCUT2D eigenvalue weighted by molar-refractivity contribution is -0.132. The van der Waals surface area contributed by atoms with Crippen LogP contribution in [0.1, 0.15) is 11.1 Å². The third-order valence-electron chi connectivity index (χ3n) is 2.75. The summed E-state index contributed by atoms with van der Waals surface area (Å²) in [6.45, 7) is 0. The van der Waals surface area contributed by atoms with E-state index in [-0.39, 0.29) is 0 Å². The number of methoxy groups -OCH3 is 1. The lowest BCUT2D eigenvalue weighted by Gasteiger charge is -2.06. The summed E-state index contributed by atoms with van der Waals surface area (Å²) >= 11 is 0. The second-order valence-electron chi connectivity index (χ2n) is 4.08. The van der Waals surface area contributed by atoms with Crippen molar-refractivity contribution in [3.8, 4) is 0 Å². The molecule has 0 spiro atoms. The average Bonchev–Trinajstić information content (AvgIpc) is 2.53. The van der Waals surface area contributed by atoms with E-state index in [0.29, 0.717) is 0 Å². The number of rotatable bonds is 4. The second kappa shape index (κ2) is 7.04. The first-order valence-electron chi connectivity index (χ1n) is 6.23. The van der Waals surface area contributed by atoms with Crippen LogP contribution in [0.2, 0.25) is 0 Å². The number of ether oxygens (including phenoxy) is 1. The Labute approximate surface area is 118 Å². The zero-order valence-electron chi connectivity index (χ0n) is 11.2. The van der Waals surface area contributed by atoms with Gasteiger partial charge in [-0.1, -0.05) is 60.7 Å². The molecule has 2 aromatic carbocycles. The highest BCUT2D eigenvalue weighted by Crippen LogP contribution is 2.22. The second-order valence-corrected chi connectivity index (χ2v) is 4.08. The summed E-state index contributed by atoms with van der Waals surface area (Å²) in [5, 5.41) is 0. The summed E-state index contributed by atoms with van der Waals surface area (Å²) in [7, 11) is 1.33. The summed E-state index contributed by atoms with van der Waals surface area (Å²) in [5.74, 6) is -0.471. The quantitative estimate of drug-likeness (QED) is 0.628. The third-order valence-corrected chi connectivity index (χ3v) is 2.75. The number of carbonyl (C=O) groups is 1. The van der Waals surface area contributed by atoms with E-state index < -0.39 is 5.97 Å². The molecular formula is C17H15NO2. The zero-order chi connectivity index (χ0) is 14.2. The van der Waals surface area contributed by atoms with Crippen LogP contribution < -0.4 is 0 Å². The molecule has 0 aliphatic carbocycles. The third kappa shape index (κ3) is 3.65. The molecule has 0 atom stereocenters. The fourth-order valence-corrected chi connectivity index (χ4v) is 1.78. The lowest BCUT2D eigenvalue weighted by atomic mass is 9.99. The molecule has 0 N–H and O–H groups in total. The zero-order valence-corrected chi connectivity index (χ0v) is 11.2. The number of esters is 1. The molecule has 2 rings (SSSR count). The van der Waals surface area contributed by atoms with Crippen molar-refractivity contribution in [2.75, 3.05) is 7.11 Å². The molecule has 3 heteroatoms. The molecule has 0 saturated carbocycles. The van der Waals surface area contributed by atoms with Crippen molar-refractivity contribution in [2.45, 2.75) is 0 Å². The van der Waals surface area contributed by atoms with Gasteiger partial charge in [0.05, 0.1) is 7.11 Å². The van der Waals surface area contributed by atoms with Crippen molar-refractivity contribution in [3.05, 3.63) is 78.0 Å². The fourth-order valence-electron chi connectivity index (χ4n) is 1.78. The molecular weight excluding hydrogens is 250 g/mol. The van der Waals surface area contributed by atoms with Gasteiger partial charge in [0, 0.05) is 11.8 Å². The van der Waals surface area contributed by atoms with Gasteiger partial charge < -0.3 is 4.74 Å². The van der Waals surface area contributed by atoms with Crippen molar-refractivity contribution in [2.24, 2.45) is 4.99 Å². The highest BCUT2D eigenvalue weighted by molar-refractivity contribution is 6.23. The molecule has 0 amide bonds. The van der Waals surface area contributed by atoms with Crippen LogP contribution in [0.15, 0.2) is 71.9 Å². The Morgan fingerprint density at radius 2 is 1.45 bits per heavy atom. The highest BCUT2D eigenvalue weighted by atomic mass is 16.5. The van der Waals surface area contributed by atoms with Gasteiger partial charge in [-0.3, -0.25) is 4.99 Å². The van der Waals surface area contributed by atoms with Crippen LogP contribution in [0.3, 0.4) is 0 Å². The molecule has 2 aromatic rings. The van der Waals surface area contributed by atoms with Crippen LogP contribution in [0.4, 0.5) is 0 Å². The summed E-state index contributed by atoms with van der Waals surface area (Å²) in [6, 6.07) is 19.8. The van der Waals surface area contributed by atoms with E-state index in [1.165, 1.54) is 7.11 Å². The number of carbonyl (C=O) groups excluding carboxylic acids is 1. The monoisotopic (exact) mass is 265 g/mol. The van der Waals surface area contributed by atoms with Crippen LogP contribution in [-0.4, -0.2) is 19.3 Å². The molecule has 3 nitrogen and oxygen atoms in total. The molecule has 0 heterocycles.